The van der Waals surface area contributed by atoms with Crippen LogP contribution in [0.5, 0.6) is 0 Å². The molecule has 1 saturated heterocycles. The number of benzene rings is 1. The fourth-order valence-electron chi connectivity index (χ4n) is 2.93. The minimum absolute atomic E-state index is 0.000758. The molecule has 0 saturated carbocycles. The van der Waals surface area contributed by atoms with Gasteiger partial charge >= 0.3 is 5.97 Å². The summed E-state index contributed by atoms with van der Waals surface area (Å²) < 4.78 is 29.8. The molecular formula is C19H20ClNO5S2. The van der Waals surface area contributed by atoms with Gasteiger partial charge in [-0.25, -0.2) is 8.42 Å². The molecule has 9 heteroatoms. The van der Waals surface area contributed by atoms with Gasteiger partial charge in [0, 0.05) is 23.5 Å². The average Bonchev–Trinajstić information content (AvgIpc) is 3.31. The highest BCUT2D eigenvalue weighted by Gasteiger charge is 2.21. The van der Waals surface area contributed by atoms with Gasteiger partial charge in [-0.2, -0.15) is 0 Å². The Hall–Kier alpha value is -1.90. The molecule has 0 spiro atoms. The molecule has 1 aromatic carbocycles. The molecule has 1 aromatic heterocycles. The molecule has 2 aromatic rings. The summed E-state index contributed by atoms with van der Waals surface area (Å²) in [5.74, 6) is -1.73. The van der Waals surface area contributed by atoms with Crippen molar-refractivity contribution >= 4 is 44.7 Å². The highest BCUT2D eigenvalue weighted by atomic mass is 35.5. The van der Waals surface area contributed by atoms with Crippen LogP contribution < -0.4 is 0 Å². The number of esters is 1. The van der Waals surface area contributed by atoms with E-state index in [9.17, 15) is 18.0 Å². The van der Waals surface area contributed by atoms with Crippen molar-refractivity contribution in [3.63, 3.8) is 0 Å². The molecule has 1 amide bonds. The van der Waals surface area contributed by atoms with E-state index in [1.54, 1.807) is 36.4 Å². The summed E-state index contributed by atoms with van der Waals surface area (Å²) in [6.07, 6.45) is 2.06. The van der Waals surface area contributed by atoms with Crippen LogP contribution in [0, 0.1) is 0 Å². The van der Waals surface area contributed by atoms with Crippen LogP contribution >= 0.6 is 22.9 Å². The summed E-state index contributed by atoms with van der Waals surface area (Å²) in [4.78, 5) is 26.6. The Balaban J connectivity index is 1.49. The van der Waals surface area contributed by atoms with E-state index in [1.807, 2.05) is 4.90 Å². The fourth-order valence-corrected chi connectivity index (χ4v) is 5.66. The van der Waals surface area contributed by atoms with Crippen molar-refractivity contribution in [2.75, 3.05) is 18.8 Å². The third-order valence-electron chi connectivity index (χ3n) is 4.32. The van der Waals surface area contributed by atoms with Gasteiger partial charge in [0.2, 0.25) is 0 Å². The topological polar surface area (TPSA) is 80.7 Å². The molecule has 1 aliphatic heterocycles. The summed E-state index contributed by atoms with van der Waals surface area (Å²) in [7, 11) is -3.63. The molecule has 28 heavy (non-hydrogen) atoms. The second-order valence-electron chi connectivity index (χ2n) is 6.59. The SMILES string of the molecule is O=C(CS(=O)(=O)Cc1ccc(Cl)s1)OCc1ccc(C(=O)N2CCCC2)cc1. The normalized spacial score (nSPS) is 14.2. The number of likely N-dealkylation sites (tertiary alicyclic amines) is 1. The van der Waals surface area contributed by atoms with E-state index in [0.29, 0.717) is 20.3 Å². The van der Waals surface area contributed by atoms with Crippen LogP contribution in [0.3, 0.4) is 0 Å². The predicted octanol–water partition coefficient (Wildman–Crippen LogP) is 3.30. The third kappa shape index (κ3) is 5.80. The Morgan fingerprint density at radius 1 is 1.07 bits per heavy atom. The van der Waals surface area contributed by atoms with E-state index in [4.69, 9.17) is 16.3 Å². The maximum Gasteiger partial charge on any atom is 0.321 e. The van der Waals surface area contributed by atoms with Crippen LogP contribution in [-0.4, -0.2) is 44.0 Å². The molecule has 0 aliphatic carbocycles. The standard InChI is InChI=1S/C19H20ClNO5S2/c20-17-8-7-16(27-17)12-28(24,25)13-18(22)26-11-14-3-5-15(6-4-14)19(23)21-9-1-2-10-21/h3-8H,1-2,9-13H2. The maximum atomic E-state index is 12.3. The fraction of sp³-hybridized carbons (Fsp3) is 0.368. The van der Waals surface area contributed by atoms with E-state index >= 15 is 0 Å². The molecule has 1 aliphatic rings. The van der Waals surface area contributed by atoms with Crippen molar-refractivity contribution in [2.45, 2.75) is 25.2 Å². The van der Waals surface area contributed by atoms with Crippen molar-refractivity contribution in [3.8, 4) is 0 Å². The number of carbonyl (C=O) groups excluding carboxylic acids is 2. The molecule has 0 radical (unpaired) electrons. The first kappa shape index (κ1) is 20.8. The molecule has 6 nitrogen and oxygen atoms in total. The van der Waals surface area contributed by atoms with Gasteiger partial charge in [-0.15, -0.1) is 11.3 Å². The Kier molecular flexibility index (Phi) is 6.74. The highest BCUT2D eigenvalue weighted by Crippen LogP contribution is 2.23. The van der Waals surface area contributed by atoms with Gasteiger partial charge in [0.05, 0.1) is 10.1 Å². The number of nitrogens with zero attached hydrogens (tertiary/aromatic N) is 1. The van der Waals surface area contributed by atoms with Gasteiger partial charge in [-0.05, 0) is 42.7 Å². The Bertz CT molecular complexity index is 947. The number of halogens is 1. The molecule has 2 heterocycles. The lowest BCUT2D eigenvalue weighted by Gasteiger charge is -2.15. The van der Waals surface area contributed by atoms with Crippen LogP contribution in [0.2, 0.25) is 4.34 Å². The summed E-state index contributed by atoms with van der Waals surface area (Å²) >= 11 is 6.96. The summed E-state index contributed by atoms with van der Waals surface area (Å²) in [6, 6.07) is 10.0. The van der Waals surface area contributed by atoms with E-state index in [0.717, 1.165) is 25.9 Å². The van der Waals surface area contributed by atoms with Crippen LogP contribution in [0.1, 0.15) is 33.6 Å². The zero-order valence-electron chi connectivity index (χ0n) is 15.1. The minimum atomic E-state index is -3.63. The highest BCUT2D eigenvalue weighted by molar-refractivity contribution is 7.91. The van der Waals surface area contributed by atoms with Crippen molar-refractivity contribution in [1.29, 1.82) is 0 Å². The van der Waals surface area contributed by atoms with Crippen LogP contribution in [0.25, 0.3) is 0 Å². The van der Waals surface area contributed by atoms with Crippen molar-refractivity contribution < 1.29 is 22.7 Å². The summed E-state index contributed by atoms with van der Waals surface area (Å²) in [5.41, 5.74) is 1.28. The summed E-state index contributed by atoms with van der Waals surface area (Å²) in [6.45, 7) is 1.52. The number of hydrogen-bond acceptors (Lipinski definition) is 6. The Labute approximate surface area is 173 Å². The molecule has 0 unspecified atom stereocenters. The van der Waals surface area contributed by atoms with Gasteiger partial charge in [0.25, 0.3) is 5.91 Å². The minimum Gasteiger partial charge on any atom is -0.460 e. The molecule has 0 atom stereocenters. The van der Waals surface area contributed by atoms with Gasteiger partial charge in [-0.3, -0.25) is 9.59 Å². The second-order valence-corrected chi connectivity index (χ2v) is 10.5. The Morgan fingerprint density at radius 3 is 2.36 bits per heavy atom. The first-order valence-corrected chi connectivity index (χ1v) is 11.8. The maximum absolute atomic E-state index is 12.3. The average molecular weight is 442 g/mol. The summed E-state index contributed by atoms with van der Waals surface area (Å²) in [5, 5.41) is 0. The van der Waals surface area contributed by atoms with Crippen LogP contribution in [-0.2, 0) is 31.7 Å². The predicted molar refractivity (Wildman–Crippen MR) is 108 cm³/mol. The van der Waals surface area contributed by atoms with E-state index in [2.05, 4.69) is 0 Å². The number of hydrogen-bond donors (Lipinski definition) is 0. The second kappa shape index (κ2) is 9.07. The number of ether oxygens (including phenoxy) is 1. The first-order chi connectivity index (χ1) is 13.3. The molecule has 0 bridgehead atoms. The largest absolute Gasteiger partial charge is 0.460 e. The van der Waals surface area contributed by atoms with E-state index in [1.165, 1.54) is 11.3 Å². The monoisotopic (exact) mass is 441 g/mol. The lowest BCUT2D eigenvalue weighted by atomic mass is 10.1. The number of amides is 1. The molecule has 0 N–H and O–H groups in total. The van der Waals surface area contributed by atoms with Gasteiger partial charge in [0.1, 0.15) is 12.4 Å². The van der Waals surface area contributed by atoms with Crippen molar-refractivity contribution in [2.24, 2.45) is 0 Å². The lowest BCUT2D eigenvalue weighted by Crippen LogP contribution is -2.27. The third-order valence-corrected chi connectivity index (χ3v) is 7.16. The Morgan fingerprint density at radius 2 is 1.75 bits per heavy atom. The van der Waals surface area contributed by atoms with Crippen molar-refractivity contribution in [3.05, 3.63) is 56.7 Å². The first-order valence-electron chi connectivity index (χ1n) is 8.81. The van der Waals surface area contributed by atoms with Gasteiger partial charge < -0.3 is 9.64 Å². The number of rotatable bonds is 7. The molecule has 1 fully saturated rings. The molecule has 3 rings (SSSR count). The van der Waals surface area contributed by atoms with E-state index < -0.39 is 21.6 Å². The van der Waals surface area contributed by atoms with Gasteiger partial charge in [0.15, 0.2) is 9.84 Å². The molecule has 150 valence electrons. The number of carbonyl (C=O) groups is 2. The smallest absolute Gasteiger partial charge is 0.321 e. The van der Waals surface area contributed by atoms with E-state index in [-0.39, 0.29) is 18.3 Å². The number of sulfone groups is 1. The zero-order valence-corrected chi connectivity index (χ0v) is 17.5. The van der Waals surface area contributed by atoms with Crippen LogP contribution in [0.4, 0.5) is 0 Å². The van der Waals surface area contributed by atoms with Crippen LogP contribution in [0.15, 0.2) is 36.4 Å². The lowest BCUT2D eigenvalue weighted by molar-refractivity contribution is -0.141. The van der Waals surface area contributed by atoms with Gasteiger partial charge in [-0.1, -0.05) is 23.7 Å². The zero-order chi connectivity index (χ0) is 20.1. The quantitative estimate of drug-likeness (QED) is 0.616. The molecular weight excluding hydrogens is 422 g/mol. The number of thiophene rings is 1. The van der Waals surface area contributed by atoms with Crippen molar-refractivity contribution in [1.82, 2.24) is 4.90 Å².